The van der Waals surface area contributed by atoms with E-state index in [9.17, 15) is 9.67 Å². The summed E-state index contributed by atoms with van der Waals surface area (Å²) in [5, 5.41) is 11.1. The summed E-state index contributed by atoms with van der Waals surface area (Å²) in [6, 6.07) is 6.46. The molecule has 1 heterocycles. The van der Waals surface area contributed by atoms with Gasteiger partial charge in [-0.1, -0.05) is 11.6 Å². The SMILES string of the molecule is O=P(O)(O)C1=C(O)N(c2ccc(Cl)cc2)NC1. The van der Waals surface area contributed by atoms with E-state index in [2.05, 4.69) is 5.43 Å². The van der Waals surface area contributed by atoms with Crippen LogP contribution in [0, 0.1) is 0 Å². The zero-order chi connectivity index (χ0) is 12.6. The topological polar surface area (TPSA) is 93.0 Å². The summed E-state index contributed by atoms with van der Waals surface area (Å²) in [7, 11) is -4.44. The lowest BCUT2D eigenvalue weighted by atomic mass is 10.3. The van der Waals surface area contributed by atoms with Gasteiger partial charge in [0.15, 0.2) is 0 Å². The Kier molecular flexibility index (Phi) is 3.16. The summed E-state index contributed by atoms with van der Waals surface area (Å²) in [5.41, 5.74) is 3.21. The summed E-state index contributed by atoms with van der Waals surface area (Å²) in [6.45, 7) is -0.0985. The first-order valence-electron chi connectivity index (χ1n) is 4.67. The molecule has 8 heteroatoms. The predicted molar refractivity (Wildman–Crippen MR) is 63.6 cm³/mol. The number of nitrogens with one attached hydrogen (secondary N) is 1. The number of aliphatic hydroxyl groups is 1. The molecular formula is C9H10ClN2O4P. The van der Waals surface area contributed by atoms with E-state index in [0.717, 1.165) is 0 Å². The van der Waals surface area contributed by atoms with Crippen molar-refractivity contribution >= 4 is 24.9 Å². The highest BCUT2D eigenvalue weighted by Gasteiger charge is 2.34. The van der Waals surface area contributed by atoms with Crippen molar-refractivity contribution in [3.8, 4) is 0 Å². The molecule has 1 aromatic rings. The van der Waals surface area contributed by atoms with Crippen LogP contribution in [0.25, 0.3) is 0 Å². The van der Waals surface area contributed by atoms with Gasteiger partial charge in [-0.25, -0.2) is 10.4 Å². The lowest BCUT2D eigenvalue weighted by Crippen LogP contribution is -2.31. The second kappa shape index (κ2) is 4.33. The maximum atomic E-state index is 11.1. The van der Waals surface area contributed by atoms with Crippen molar-refractivity contribution in [3.63, 3.8) is 0 Å². The van der Waals surface area contributed by atoms with Crippen molar-refractivity contribution < 1.29 is 19.5 Å². The number of hydrogen-bond donors (Lipinski definition) is 4. The van der Waals surface area contributed by atoms with E-state index < -0.39 is 13.5 Å². The summed E-state index contributed by atoms with van der Waals surface area (Å²) < 4.78 is 11.1. The van der Waals surface area contributed by atoms with Crippen molar-refractivity contribution in [2.75, 3.05) is 11.6 Å². The molecule has 17 heavy (non-hydrogen) atoms. The third-order valence-corrected chi connectivity index (χ3v) is 3.62. The van der Waals surface area contributed by atoms with Crippen molar-refractivity contribution in [1.82, 2.24) is 5.43 Å². The first-order valence-corrected chi connectivity index (χ1v) is 6.66. The molecule has 4 N–H and O–H groups in total. The van der Waals surface area contributed by atoms with Crippen LogP contribution in [0.2, 0.25) is 5.02 Å². The largest absolute Gasteiger partial charge is 0.493 e. The Morgan fingerprint density at radius 3 is 2.35 bits per heavy atom. The zero-order valence-corrected chi connectivity index (χ0v) is 10.2. The molecule has 0 amide bonds. The molecule has 0 spiro atoms. The summed E-state index contributed by atoms with van der Waals surface area (Å²) in [5.74, 6) is -0.472. The maximum absolute atomic E-state index is 11.1. The van der Waals surface area contributed by atoms with Gasteiger partial charge in [0.2, 0.25) is 5.88 Å². The van der Waals surface area contributed by atoms with Gasteiger partial charge in [-0.3, -0.25) is 4.57 Å². The molecule has 0 bridgehead atoms. The van der Waals surface area contributed by atoms with Crippen molar-refractivity contribution in [3.05, 3.63) is 40.5 Å². The van der Waals surface area contributed by atoms with Crippen LogP contribution in [0.15, 0.2) is 35.5 Å². The van der Waals surface area contributed by atoms with Crippen LogP contribution < -0.4 is 10.4 Å². The molecule has 1 aromatic carbocycles. The zero-order valence-electron chi connectivity index (χ0n) is 8.54. The van der Waals surface area contributed by atoms with E-state index in [1.165, 1.54) is 5.01 Å². The Labute approximate surface area is 102 Å². The number of benzene rings is 1. The lowest BCUT2D eigenvalue weighted by molar-refractivity contribution is 0.368. The van der Waals surface area contributed by atoms with Gasteiger partial charge >= 0.3 is 7.60 Å². The summed E-state index contributed by atoms with van der Waals surface area (Å²) in [4.78, 5) is 18.0. The quantitative estimate of drug-likeness (QED) is 0.613. The van der Waals surface area contributed by atoms with Gasteiger partial charge in [-0.15, -0.1) is 0 Å². The van der Waals surface area contributed by atoms with Crippen LogP contribution in [-0.4, -0.2) is 21.4 Å². The van der Waals surface area contributed by atoms with E-state index in [-0.39, 0.29) is 11.9 Å². The van der Waals surface area contributed by atoms with E-state index in [1.54, 1.807) is 24.3 Å². The fraction of sp³-hybridized carbons (Fsp3) is 0.111. The van der Waals surface area contributed by atoms with Crippen molar-refractivity contribution in [1.29, 1.82) is 0 Å². The molecule has 0 saturated carbocycles. The first kappa shape index (κ1) is 12.4. The Bertz CT molecular complexity index is 510. The minimum Gasteiger partial charge on any atom is -0.493 e. The minimum absolute atomic E-state index is 0.0985. The standard InChI is InChI=1S/C9H10ClN2O4P/c10-6-1-3-7(4-2-6)12-9(13)8(5-11-12)17(14,15)16/h1-4,11,13H,5H2,(H2,14,15,16). The fourth-order valence-electron chi connectivity index (χ4n) is 1.47. The lowest BCUT2D eigenvalue weighted by Gasteiger charge is -2.18. The van der Waals surface area contributed by atoms with Crippen LogP contribution in [-0.2, 0) is 4.57 Å². The number of hydrazine groups is 1. The fourth-order valence-corrected chi connectivity index (χ4v) is 2.24. The minimum atomic E-state index is -4.44. The van der Waals surface area contributed by atoms with Crippen molar-refractivity contribution in [2.24, 2.45) is 0 Å². The number of nitrogens with zero attached hydrogens (tertiary/aromatic N) is 1. The number of rotatable bonds is 2. The highest BCUT2D eigenvalue weighted by molar-refractivity contribution is 7.56. The average molecular weight is 277 g/mol. The molecule has 0 fully saturated rings. The molecule has 1 aliphatic rings. The number of hydrogen-bond acceptors (Lipinski definition) is 4. The Balaban J connectivity index is 2.35. The molecule has 0 aromatic heterocycles. The van der Waals surface area contributed by atoms with E-state index >= 15 is 0 Å². The molecule has 2 rings (SSSR count). The Morgan fingerprint density at radius 2 is 1.88 bits per heavy atom. The van der Waals surface area contributed by atoms with Gasteiger partial charge in [0.05, 0.1) is 12.2 Å². The molecule has 0 atom stereocenters. The number of halogens is 1. The third kappa shape index (κ3) is 2.46. The number of anilines is 1. The van der Waals surface area contributed by atoms with Gasteiger partial charge < -0.3 is 14.9 Å². The molecule has 92 valence electrons. The van der Waals surface area contributed by atoms with E-state index in [0.29, 0.717) is 10.7 Å². The van der Waals surface area contributed by atoms with Crippen LogP contribution in [0.3, 0.4) is 0 Å². The summed E-state index contributed by atoms with van der Waals surface area (Å²) >= 11 is 5.72. The third-order valence-electron chi connectivity index (χ3n) is 2.31. The Hall–Kier alpha value is -1.04. The molecule has 0 aliphatic carbocycles. The van der Waals surface area contributed by atoms with Gasteiger partial charge in [0.25, 0.3) is 0 Å². The smallest absolute Gasteiger partial charge is 0.359 e. The molecule has 1 aliphatic heterocycles. The molecule has 6 nitrogen and oxygen atoms in total. The molecule has 0 unspecified atom stereocenters. The number of aliphatic hydroxyl groups excluding tert-OH is 1. The van der Waals surface area contributed by atoms with Crippen LogP contribution in [0.1, 0.15) is 0 Å². The summed E-state index contributed by atoms with van der Waals surface area (Å²) in [6.07, 6.45) is 0. The van der Waals surface area contributed by atoms with Gasteiger partial charge in [0.1, 0.15) is 5.31 Å². The maximum Gasteiger partial charge on any atom is 0.359 e. The highest BCUT2D eigenvalue weighted by atomic mass is 35.5. The Morgan fingerprint density at radius 1 is 1.29 bits per heavy atom. The van der Waals surface area contributed by atoms with Crippen LogP contribution in [0.5, 0.6) is 0 Å². The highest BCUT2D eigenvalue weighted by Crippen LogP contribution is 2.48. The molecule has 0 saturated heterocycles. The van der Waals surface area contributed by atoms with Crippen molar-refractivity contribution in [2.45, 2.75) is 0 Å². The van der Waals surface area contributed by atoms with Gasteiger partial charge in [-0.05, 0) is 24.3 Å². The monoisotopic (exact) mass is 276 g/mol. The van der Waals surface area contributed by atoms with E-state index in [4.69, 9.17) is 21.4 Å². The van der Waals surface area contributed by atoms with Gasteiger partial charge in [0, 0.05) is 5.02 Å². The van der Waals surface area contributed by atoms with Crippen LogP contribution in [0.4, 0.5) is 5.69 Å². The van der Waals surface area contributed by atoms with Gasteiger partial charge in [-0.2, -0.15) is 0 Å². The molecule has 0 radical (unpaired) electrons. The second-order valence-electron chi connectivity index (χ2n) is 3.46. The van der Waals surface area contributed by atoms with Crippen LogP contribution >= 0.6 is 19.2 Å². The average Bonchev–Trinajstić information content (AvgIpc) is 2.61. The second-order valence-corrected chi connectivity index (χ2v) is 5.53. The normalized spacial score (nSPS) is 16.8. The first-order chi connectivity index (χ1) is 7.89. The molecular weight excluding hydrogens is 267 g/mol. The van der Waals surface area contributed by atoms with E-state index in [1.807, 2.05) is 0 Å². The predicted octanol–water partition coefficient (Wildman–Crippen LogP) is 1.57.